The molecule has 0 amide bonds. The van der Waals surface area contributed by atoms with Crippen LogP contribution in [0.3, 0.4) is 0 Å². The zero-order chi connectivity index (χ0) is 15.7. The van der Waals surface area contributed by atoms with Crippen molar-refractivity contribution in [3.05, 3.63) is 54.9 Å². The number of hydrogen-bond acceptors (Lipinski definition) is 4. The highest BCUT2D eigenvalue weighted by Crippen LogP contribution is 2.31. The molecule has 110 valence electrons. The molecule has 1 aromatic carbocycles. The number of aryl methyl sites for hydroxylation is 1. The number of aromatic nitrogens is 2. The molecule has 5 nitrogen and oxygen atoms in total. The van der Waals surface area contributed by atoms with Crippen molar-refractivity contribution < 1.29 is 9.53 Å². The third kappa shape index (κ3) is 3.05. The van der Waals surface area contributed by atoms with Gasteiger partial charge in [0.2, 0.25) is 11.1 Å². The van der Waals surface area contributed by atoms with Crippen LogP contribution in [-0.2, 0) is 4.74 Å². The highest BCUT2D eigenvalue weighted by Gasteiger charge is 2.18. The molecule has 21 heavy (non-hydrogen) atoms. The van der Waals surface area contributed by atoms with Gasteiger partial charge in [0.25, 0.3) is 0 Å². The molecule has 2 aromatic rings. The maximum Gasteiger partial charge on any atom is 0.362 e. The lowest BCUT2D eigenvalue weighted by Crippen LogP contribution is -2.24. The summed E-state index contributed by atoms with van der Waals surface area (Å²) in [5.41, 5.74) is -0.248. The monoisotopic (exact) mass is 346 g/mol. The summed E-state index contributed by atoms with van der Waals surface area (Å²) in [6.07, 6.45) is 1.43. The van der Waals surface area contributed by atoms with E-state index in [0.717, 1.165) is 0 Å². The quantitative estimate of drug-likeness (QED) is 0.782. The van der Waals surface area contributed by atoms with Crippen molar-refractivity contribution in [1.29, 1.82) is 0 Å². The van der Waals surface area contributed by atoms with E-state index in [1.165, 1.54) is 30.1 Å². The second-order valence-corrected chi connectivity index (χ2v) is 5.39. The van der Waals surface area contributed by atoms with E-state index in [1.54, 1.807) is 6.92 Å². The second kappa shape index (κ2) is 6.05. The van der Waals surface area contributed by atoms with Gasteiger partial charge in [-0.05, 0) is 19.1 Å². The summed E-state index contributed by atoms with van der Waals surface area (Å²) in [5.74, 6) is -0.835. The second-order valence-electron chi connectivity index (χ2n) is 4.14. The number of methoxy groups -OCH3 is 1. The van der Waals surface area contributed by atoms with Crippen molar-refractivity contribution in [2.75, 3.05) is 7.11 Å². The Balaban J connectivity index is 2.74. The minimum atomic E-state index is -0.835. The Morgan fingerprint density at radius 1 is 1.24 bits per heavy atom. The smallest absolute Gasteiger partial charge is 0.362 e. The number of esters is 1. The maximum absolute atomic E-state index is 11.9. The van der Waals surface area contributed by atoms with Gasteiger partial charge >= 0.3 is 5.97 Å². The lowest BCUT2D eigenvalue weighted by atomic mass is 10.2. The lowest BCUT2D eigenvalue weighted by molar-refractivity contribution is 0.0590. The predicted molar refractivity (Wildman–Crippen MR) is 80.9 cm³/mol. The molecule has 0 aliphatic carbocycles. The third-order valence-electron chi connectivity index (χ3n) is 2.69. The van der Waals surface area contributed by atoms with Crippen molar-refractivity contribution in [1.82, 2.24) is 9.78 Å². The highest BCUT2D eigenvalue weighted by molar-refractivity contribution is 6.40. The number of benzene rings is 1. The molecule has 2 rings (SSSR count). The fraction of sp³-hybridized carbons (Fsp3) is 0.154. The molecule has 0 aliphatic heterocycles. The van der Waals surface area contributed by atoms with Crippen LogP contribution in [0.5, 0.6) is 0 Å². The van der Waals surface area contributed by atoms with Crippen LogP contribution in [0.25, 0.3) is 5.69 Å². The van der Waals surface area contributed by atoms with Crippen LogP contribution in [0, 0.1) is 6.92 Å². The zero-order valence-electron chi connectivity index (χ0n) is 11.0. The topological polar surface area (TPSA) is 61.2 Å². The first-order valence-corrected chi connectivity index (χ1v) is 6.82. The minimum absolute atomic E-state index is 0.235. The molecule has 0 unspecified atom stereocenters. The van der Waals surface area contributed by atoms with Gasteiger partial charge in [-0.15, -0.1) is 0 Å². The first kappa shape index (κ1) is 15.8. The Morgan fingerprint density at radius 2 is 1.81 bits per heavy atom. The molecule has 0 aliphatic rings. The molecule has 0 saturated carbocycles. The van der Waals surface area contributed by atoms with Crippen LogP contribution in [-0.4, -0.2) is 22.9 Å². The minimum Gasteiger partial charge on any atom is -0.464 e. The summed E-state index contributed by atoms with van der Waals surface area (Å²) in [6, 6.07) is 2.97. The van der Waals surface area contributed by atoms with E-state index >= 15 is 0 Å². The van der Waals surface area contributed by atoms with Crippen LogP contribution in [0.15, 0.2) is 23.1 Å². The maximum atomic E-state index is 11.9. The predicted octanol–water partition coefficient (Wildman–Crippen LogP) is 3.29. The van der Waals surface area contributed by atoms with Gasteiger partial charge in [0, 0.05) is 16.8 Å². The number of rotatable bonds is 2. The SMILES string of the molecule is COC(=O)c1nn(-c2c(Cl)cc(Cl)cc2Cl)cc(C)c1=O. The van der Waals surface area contributed by atoms with Gasteiger partial charge in [0.15, 0.2) is 0 Å². The first-order chi connectivity index (χ1) is 9.85. The van der Waals surface area contributed by atoms with Gasteiger partial charge in [0.1, 0.15) is 5.69 Å². The molecule has 1 aromatic heterocycles. The van der Waals surface area contributed by atoms with Crippen LogP contribution in [0.1, 0.15) is 16.1 Å². The summed E-state index contributed by atoms with van der Waals surface area (Å²) < 4.78 is 5.79. The number of hydrogen-bond donors (Lipinski definition) is 0. The van der Waals surface area contributed by atoms with Crippen LogP contribution < -0.4 is 5.43 Å². The fourth-order valence-corrected chi connectivity index (χ4v) is 2.70. The number of carbonyl (C=O) groups excluding carboxylic acids is 1. The Morgan fingerprint density at radius 3 is 2.33 bits per heavy atom. The van der Waals surface area contributed by atoms with Gasteiger partial charge in [-0.3, -0.25) is 4.79 Å². The van der Waals surface area contributed by atoms with Crippen LogP contribution in [0.2, 0.25) is 15.1 Å². The molecule has 0 atom stereocenters. The van der Waals surface area contributed by atoms with E-state index in [-0.39, 0.29) is 15.7 Å². The van der Waals surface area contributed by atoms with Gasteiger partial charge < -0.3 is 4.74 Å². The zero-order valence-corrected chi connectivity index (χ0v) is 13.3. The number of ether oxygens (including phenoxy) is 1. The molecule has 0 saturated heterocycles. The van der Waals surface area contributed by atoms with Crippen molar-refractivity contribution in [3.8, 4) is 5.69 Å². The van der Waals surface area contributed by atoms with Crippen molar-refractivity contribution in [3.63, 3.8) is 0 Å². The lowest BCUT2D eigenvalue weighted by Gasteiger charge is -2.12. The number of nitrogens with zero attached hydrogens (tertiary/aromatic N) is 2. The van der Waals surface area contributed by atoms with Crippen molar-refractivity contribution in [2.45, 2.75) is 6.92 Å². The highest BCUT2D eigenvalue weighted by atomic mass is 35.5. The van der Waals surface area contributed by atoms with Gasteiger partial charge in [-0.2, -0.15) is 5.10 Å². The largest absolute Gasteiger partial charge is 0.464 e. The summed E-state index contributed by atoms with van der Waals surface area (Å²) >= 11 is 18.1. The fourth-order valence-electron chi connectivity index (χ4n) is 1.71. The molecule has 0 radical (unpaired) electrons. The normalized spacial score (nSPS) is 10.5. The number of halogens is 3. The Hall–Kier alpha value is -1.56. The molecule has 0 spiro atoms. The molecule has 1 heterocycles. The van der Waals surface area contributed by atoms with E-state index in [9.17, 15) is 9.59 Å². The van der Waals surface area contributed by atoms with Crippen LogP contribution in [0.4, 0.5) is 0 Å². The van der Waals surface area contributed by atoms with Gasteiger partial charge in [0.05, 0.1) is 17.2 Å². The average Bonchev–Trinajstić information content (AvgIpc) is 2.40. The van der Waals surface area contributed by atoms with E-state index in [2.05, 4.69) is 9.84 Å². The van der Waals surface area contributed by atoms with E-state index in [0.29, 0.717) is 16.3 Å². The Bertz CT molecular complexity index is 764. The molecule has 0 fully saturated rings. The molecular formula is C13H9Cl3N2O3. The van der Waals surface area contributed by atoms with Crippen molar-refractivity contribution in [2.24, 2.45) is 0 Å². The number of carbonyl (C=O) groups is 1. The Labute approximate surface area is 135 Å². The molecule has 0 N–H and O–H groups in total. The Kier molecular flexibility index (Phi) is 4.56. The molecular weight excluding hydrogens is 339 g/mol. The van der Waals surface area contributed by atoms with E-state index in [4.69, 9.17) is 34.8 Å². The van der Waals surface area contributed by atoms with Crippen molar-refractivity contribution >= 4 is 40.8 Å². The standard InChI is InChI=1S/C13H9Cl3N2O3/c1-6-5-18(17-10(12(6)19)13(20)21-2)11-8(15)3-7(14)4-9(11)16/h3-5H,1-2H3. The third-order valence-corrected chi connectivity index (χ3v) is 3.48. The van der Waals surface area contributed by atoms with Gasteiger partial charge in [-0.1, -0.05) is 34.8 Å². The average molecular weight is 348 g/mol. The first-order valence-electron chi connectivity index (χ1n) is 5.69. The summed E-state index contributed by atoms with van der Waals surface area (Å²) in [5, 5.41) is 4.77. The summed E-state index contributed by atoms with van der Waals surface area (Å²) in [6.45, 7) is 1.55. The molecule has 8 heteroatoms. The van der Waals surface area contributed by atoms with Gasteiger partial charge in [-0.25, -0.2) is 9.48 Å². The van der Waals surface area contributed by atoms with Crippen LogP contribution >= 0.6 is 34.8 Å². The molecule has 0 bridgehead atoms. The summed E-state index contributed by atoms with van der Waals surface area (Å²) in [7, 11) is 1.17. The van der Waals surface area contributed by atoms with E-state index in [1.807, 2.05) is 0 Å². The summed E-state index contributed by atoms with van der Waals surface area (Å²) in [4.78, 5) is 23.5. The van der Waals surface area contributed by atoms with E-state index < -0.39 is 11.4 Å².